The van der Waals surface area contributed by atoms with Gasteiger partial charge in [-0.15, -0.1) is 0 Å². The zero-order valence-electron chi connectivity index (χ0n) is 18.2. The minimum Gasteiger partial charge on any atom is -0.486 e. The van der Waals surface area contributed by atoms with Gasteiger partial charge in [-0.3, -0.25) is 0 Å². The van der Waals surface area contributed by atoms with Crippen molar-refractivity contribution in [3.05, 3.63) is 35.8 Å². The number of nitrogens with one attached hydrogen (secondary N) is 1. The van der Waals surface area contributed by atoms with Crippen molar-refractivity contribution >= 4 is 15.8 Å². The number of nitrogens with zero attached hydrogens (tertiary/aromatic N) is 4. The second kappa shape index (κ2) is 8.97. The lowest BCUT2D eigenvalue weighted by molar-refractivity contribution is 0.171. The topological polar surface area (TPSA) is 96.9 Å². The van der Waals surface area contributed by atoms with Gasteiger partial charge in [0, 0.05) is 45.7 Å². The summed E-state index contributed by atoms with van der Waals surface area (Å²) in [5.41, 5.74) is 0.669. The first-order chi connectivity index (χ1) is 14.8. The molecule has 3 heterocycles. The Morgan fingerprint density at radius 1 is 1.10 bits per heavy atom. The van der Waals surface area contributed by atoms with Crippen LogP contribution < -0.4 is 19.7 Å². The van der Waals surface area contributed by atoms with E-state index in [1.807, 2.05) is 25.1 Å². The van der Waals surface area contributed by atoms with Gasteiger partial charge in [0.1, 0.15) is 24.9 Å². The number of hydrogen-bond acceptors (Lipinski definition) is 8. The monoisotopic (exact) mass is 447 g/mol. The molecule has 1 fully saturated rings. The summed E-state index contributed by atoms with van der Waals surface area (Å²) in [5, 5.41) is 3.39. The third-order valence-electron chi connectivity index (χ3n) is 5.51. The summed E-state index contributed by atoms with van der Waals surface area (Å²) in [6.07, 6.45) is 2.10. The smallest absolute Gasteiger partial charge is 0.243 e. The Labute approximate surface area is 183 Å². The summed E-state index contributed by atoms with van der Waals surface area (Å²) in [4.78, 5) is 11.5. The maximum Gasteiger partial charge on any atom is 0.243 e. The number of hydrogen-bond donors (Lipinski definition) is 1. The lowest BCUT2D eigenvalue weighted by Crippen LogP contribution is -2.31. The van der Waals surface area contributed by atoms with E-state index in [1.54, 1.807) is 19.2 Å². The van der Waals surface area contributed by atoms with Crippen LogP contribution in [0, 0.1) is 0 Å². The molecule has 0 amide bonds. The summed E-state index contributed by atoms with van der Waals surface area (Å²) in [5.74, 6) is 2.77. The quantitative estimate of drug-likeness (QED) is 0.713. The summed E-state index contributed by atoms with van der Waals surface area (Å²) in [6.45, 7) is 2.85. The summed E-state index contributed by atoms with van der Waals surface area (Å²) >= 11 is 0. The van der Waals surface area contributed by atoms with Gasteiger partial charge in [0.05, 0.1) is 17.1 Å². The summed E-state index contributed by atoms with van der Waals surface area (Å²) in [6, 6.07) is 6.54. The molecule has 4 rings (SSSR count). The number of sulfonamides is 1. The first-order valence-electron chi connectivity index (χ1n) is 10.5. The molecule has 0 saturated carbocycles. The van der Waals surface area contributed by atoms with Gasteiger partial charge >= 0.3 is 0 Å². The van der Waals surface area contributed by atoms with E-state index in [-0.39, 0.29) is 17.4 Å². The number of ether oxygens (including phenoxy) is 2. The van der Waals surface area contributed by atoms with Crippen LogP contribution in [0.15, 0.2) is 29.2 Å². The largest absolute Gasteiger partial charge is 0.486 e. The SMILES string of the molecule is CN(C)c1cc(CN(C)S(=O)(=O)c2ccc3c(c2)OCCO3)nc([C@H]2CCCNC2)n1. The highest BCUT2D eigenvalue weighted by Crippen LogP contribution is 2.33. The van der Waals surface area contributed by atoms with Gasteiger partial charge in [-0.05, 0) is 31.5 Å². The number of anilines is 1. The fourth-order valence-corrected chi connectivity index (χ4v) is 4.90. The molecule has 0 radical (unpaired) electrons. The van der Waals surface area contributed by atoms with E-state index in [4.69, 9.17) is 19.4 Å². The first-order valence-corrected chi connectivity index (χ1v) is 11.9. The second-order valence-corrected chi connectivity index (χ2v) is 10.1. The number of aromatic nitrogens is 2. The number of rotatable bonds is 6. The predicted molar refractivity (Wildman–Crippen MR) is 117 cm³/mol. The van der Waals surface area contributed by atoms with Crippen LogP contribution in [0.5, 0.6) is 11.5 Å². The van der Waals surface area contributed by atoms with Crippen molar-refractivity contribution in [1.82, 2.24) is 19.6 Å². The molecule has 0 aliphatic carbocycles. The van der Waals surface area contributed by atoms with Crippen molar-refractivity contribution in [2.45, 2.75) is 30.2 Å². The lowest BCUT2D eigenvalue weighted by atomic mass is 9.99. The molecule has 10 heteroatoms. The fourth-order valence-electron chi connectivity index (χ4n) is 3.75. The van der Waals surface area contributed by atoms with Crippen LogP contribution in [0.1, 0.15) is 30.3 Å². The Bertz CT molecular complexity index is 1040. The van der Waals surface area contributed by atoms with Crippen LogP contribution in [0.2, 0.25) is 0 Å². The Morgan fingerprint density at radius 2 is 1.87 bits per heavy atom. The molecule has 1 aromatic carbocycles. The molecule has 0 bridgehead atoms. The third-order valence-corrected chi connectivity index (χ3v) is 7.31. The normalized spacial score (nSPS) is 18.8. The molecule has 2 aliphatic heterocycles. The number of piperidine rings is 1. The van der Waals surface area contributed by atoms with E-state index in [0.717, 1.165) is 37.6 Å². The molecule has 9 nitrogen and oxygen atoms in total. The minimum absolute atomic E-state index is 0.146. The van der Waals surface area contributed by atoms with Gasteiger partial charge in [0.2, 0.25) is 10.0 Å². The highest BCUT2D eigenvalue weighted by Gasteiger charge is 2.26. The molecule has 1 aromatic heterocycles. The summed E-state index contributed by atoms with van der Waals surface area (Å²) in [7, 11) is 1.67. The van der Waals surface area contributed by atoms with E-state index < -0.39 is 10.0 Å². The van der Waals surface area contributed by atoms with Crippen LogP contribution in [0.4, 0.5) is 5.82 Å². The van der Waals surface area contributed by atoms with Gasteiger partial charge in [-0.1, -0.05) is 0 Å². The molecule has 0 spiro atoms. The molecular weight excluding hydrogens is 418 g/mol. The van der Waals surface area contributed by atoms with Crippen molar-refractivity contribution < 1.29 is 17.9 Å². The molecular formula is C21H29N5O4S. The molecule has 0 unspecified atom stereocenters. The molecule has 31 heavy (non-hydrogen) atoms. The van der Waals surface area contributed by atoms with Crippen LogP contribution >= 0.6 is 0 Å². The first kappa shape index (κ1) is 21.8. The standard InChI is InChI=1S/C21H29N5O4S/c1-25(2)20-11-16(23-21(24-20)15-5-4-8-22-13-15)14-26(3)31(27,28)17-6-7-18-19(12-17)30-10-9-29-18/h6-7,11-12,15,22H,4-5,8-10,13-14H2,1-3H3/t15-/m0/s1. The average molecular weight is 448 g/mol. The molecule has 1 atom stereocenters. The molecule has 168 valence electrons. The fraction of sp³-hybridized carbons (Fsp3) is 0.524. The van der Waals surface area contributed by atoms with Gasteiger partial charge in [0.15, 0.2) is 11.5 Å². The lowest BCUT2D eigenvalue weighted by Gasteiger charge is -2.24. The highest BCUT2D eigenvalue weighted by atomic mass is 32.2. The van der Waals surface area contributed by atoms with E-state index in [9.17, 15) is 8.42 Å². The van der Waals surface area contributed by atoms with Gasteiger partial charge in [0.25, 0.3) is 0 Å². The van der Waals surface area contributed by atoms with Crippen molar-refractivity contribution in [3.8, 4) is 11.5 Å². The number of benzene rings is 1. The Balaban J connectivity index is 1.59. The van der Waals surface area contributed by atoms with Crippen LogP contribution in [0.3, 0.4) is 0 Å². The van der Waals surface area contributed by atoms with Crippen molar-refractivity contribution in [2.24, 2.45) is 0 Å². The van der Waals surface area contributed by atoms with Crippen molar-refractivity contribution in [2.75, 3.05) is 52.3 Å². The third kappa shape index (κ3) is 4.76. The van der Waals surface area contributed by atoms with Crippen LogP contribution in [0.25, 0.3) is 0 Å². The van der Waals surface area contributed by atoms with Gasteiger partial charge in [-0.25, -0.2) is 18.4 Å². The van der Waals surface area contributed by atoms with Gasteiger partial charge < -0.3 is 19.7 Å². The van der Waals surface area contributed by atoms with E-state index in [2.05, 4.69) is 5.32 Å². The Hall–Kier alpha value is -2.43. The van der Waals surface area contributed by atoms with E-state index in [1.165, 1.54) is 10.4 Å². The Kier molecular flexibility index (Phi) is 6.31. The zero-order chi connectivity index (χ0) is 22.0. The predicted octanol–water partition coefficient (Wildman–Crippen LogP) is 1.60. The van der Waals surface area contributed by atoms with Crippen LogP contribution in [-0.2, 0) is 16.6 Å². The number of fused-ring (bicyclic) bond motifs is 1. The van der Waals surface area contributed by atoms with Crippen molar-refractivity contribution in [1.29, 1.82) is 0 Å². The van der Waals surface area contributed by atoms with E-state index in [0.29, 0.717) is 30.4 Å². The average Bonchev–Trinajstić information content (AvgIpc) is 2.79. The Morgan fingerprint density at radius 3 is 2.58 bits per heavy atom. The maximum atomic E-state index is 13.2. The van der Waals surface area contributed by atoms with Crippen molar-refractivity contribution in [3.63, 3.8) is 0 Å². The van der Waals surface area contributed by atoms with Crippen LogP contribution in [-0.4, -0.2) is 70.1 Å². The molecule has 1 N–H and O–H groups in total. The molecule has 1 saturated heterocycles. The maximum absolute atomic E-state index is 13.2. The molecule has 2 aliphatic rings. The zero-order valence-corrected chi connectivity index (χ0v) is 19.0. The summed E-state index contributed by atoms with van der Waals surface area (Å²) < 4.78 is 38.7. The van der Waals surface area contributed by atoms with E-state index >= 15 is 0 Å². The van der Waals surface area contributed by atoms with Gasteiger partial charge in [-0.2, -0.15) is 4.31 Å². The highest BCUT2D eigenvalue weighted by molar-refractivity contribution is 7.89. The minimum atomic E-state index is -3.73. The second-order valence-electron chi connectivity index (χ2n) is 8.08. The molecule has 2 aromatic rings.